The lowest BCUT2D eigenvalue weighted by Gasteiger charge is -2.32. The van der Waals surface area contributed by atoms with Gasteiger partial charge >= 0.3 is 5.97 Å². The molecule has 8 heteroatoms. The van der Waals surface area contributed by atoms with Crippen LogP contribution >= 0.6 is 0 Å². The highest BCUT2D eigenvalue weighted by Gasteiger charge is 2.33. The lowest BCUT2D eigenvalue weighted by Crippen LogP contribution is -2.42. The summed E-state index contributed by atoms with van der Waals surface area (Å²) >= 11 is 0. The van der Waals surface area contributed by atoms with Crippen LogP contribution in [0.5, 0.6) is 0 Å². The van der Waals surface area contributed by atoms with Crippen molar-refractivity contribution in [1.82, 2.24) is 9.21 Å². The van der Waals surface area contributed by atoms with E-state index >= 15 is 0 Å². The van der Waals surface area contributed by atoms with Crippen molar-refractivity contribution in [3.63, 3.8) is 0 Å². The number of hydrogen-bond acceptors (Lipinski definition) is 5. The number of amides is 1. The first kappa shape index (κ1) is 23.7. The number of likely N-dealkylation sites (N-methyl/N-ethyl adjacent to an activating group) is 1. The van der Waals surface area contributed by atoms with Gasteiger partial charge in [-0.3, -0.25) is 9.59 Å². The monoisotopic (exact) mass is 450 g/mol. The fraction of sp³-hybridized carbons (Fsp3) is 0.652. The highest BCUT2D eigenvalue weighted by Crippen LogP contribution is 2.26. The van der Waals surface area contributed by atoms with Crippen molar-refractivity contribution in [1.29, 1.82) is 0 Å². The molecule has 0 aromatic heterocycles. The second-order valence-corrected chi connectivity index (χ2v) is 10.8. The Morgan fingerprint density at radius 1 is 1.03 bits per heavy atom. The summed E-state index contributed by atoms with van der Waals surface area (Å²) in [5.41, 5.74) is 1.98. The Hall–Kier alpha value is -1.93. The highest BCUT2D eigenvalue weighted by molar-refractivity contribution is 7.89. The number of carbonyl (C=O) groups is 2. The molecule has 1 aromatic rings. The van der Waals surface area contributed by atoms with Gasteiger partial charge in [-0.05, 0) is 62.8 Å². The van der Waals surface area contributed by atoms with E-state index in [0.717, 1.165) is 36.8 Å². The molecular formula is C23H34N2O5S. The van der Waals surface area contributed by atoms with Crippen LogP contribution in [0.2, 0.25) is 0 Å². The van der Waals surface area contributed by atoms with Crippen molar-refractivity contribution in [2.24, 2.45) is 5.92 Å². The molecule has 1 aliphatic carbocycles. The van der Waals surface area contributed by atoms with E-state index in [1.54, 1.807) is 24.1 Å². The minimum absolute atomic E-state index is 0.171. The van der Waals surface area contributed by atoms with Crippen molar-refractivity contribution < 1.29 is 22.7 Å². The number of aryl methyl sites for hydroxylation is 2. The quantitative estimate of drug-likeness (QED) is 0.622. The predicted molar refractivity (Wildman–Crippen MR) is 118 cm³/mol. The van der Waals surface area contributed by atoms with Gasteiger partial charge in [0, 0.05) is 26.2 Å². The van der Waals surface area contributed by atoms with Gasteiger partial charge in [0.2, 0.25) is 10.0 Å². The third-order valence-electron chi connectivity index (χ3n) is 6.76. The molecule has 1 amide bonds. The second-order valence-electron chi connectivity index (χ2n) is 8.83. The zero-order valence-electron chi connectivity index (χ0n) is 18.8. The van der Waals surface area contributed by atoms with Crippen LogP contribution in [0.1, 0.15) is 56.1 Å². The zero-order chi connectivity index (χ0) is 22.6. The minimum Gasteiger partial charge on any atom is -0.455 e. The molecule has 1 saturated carbocycles. The van der Waals surface area contributed by atoms with Gasteiger partial charge in [-0.15, -0.1) is 0 Å². The van der Waals surface area contributed by atoms with Crippen LogP contribution in [-0.2, 0) is 24.3 Å². The van der Waals surface area contributed by atoms with E-state index in [1.165, 1.54) is 10.7 Å². The average Bonchev–Trinajstić information content (AvgIpc) is 2.79. The summed E-state index contributed by atoms with van der Waals surface area (Å²) in [4.78, 5) is 26.8. The summed E-state index contributed by atoms with van der Waals surface area (Å²) < 4.78 is 32.6. The molecule has 0 atom stereocenters. The van der Waals surface area contributed by atoms with E-state index in [4.69, 9.17) is 4.74 Å². The number of carbonyl (C=O) groups excluding carboxylic acids is 2. The molecule has 1 aromatic carbocycles. The largest absolute Gasteiger partial charge is 0.455 e. The Balaban J connectivity index is 1.49. The Kier molecular flexibility index (Phi) is 7.75. The summed E-state index contributed by atoms with van der Waals surface area (Å²) in [5.74, 6) is -0.956. The average molecular weight is 451 g/mol. The molecule has 2 aliphatic rings. The summed E-state index contributed by atoms with van der Waals surface area (Å²) in [6.07, 6.45) is 6.28. The molecule has 7 nitrogen and oxygen atoms in total. The lowest BCUT2D eigenvalue weighted by atomic mass is 9.94. The van der Waals surface area contributed by atoms with E-state index in [2.05, 4.69) is 0 Å². The molecule has 0 spiro atoms. The van der Waals surface area contributed by atoms with Gasteiger partial charge in [0.15, 0.2) is 6.61 Å². The first-order valence-electron chi connectivity index (χ1n) is 11.2. The molecule has 1 heterocycles. The van der Waals surface area contributed by atoms with Gasteiger partial charge in [0.1, 0.15) is 0 Å². The molecule has 2 fully saturated rings. The zero-order valence-corrected chi connectivity index (χ0v) is 19.6. The maximum atomic E-state index is 12.9. The number of sulfonamides is 1. The van der Waals surface area contributed by atoms with Crippen molar-refractivity contribution in [2.45, 2.75) is 69.7 Å². The third-order valence-corrected chi connectivity index (χ3v) is 8.65. The van der Waals surface area contributed by atoms with Crippen LogP contribution in [0, 0.1) is 19.8 Å². The van der Waals surface area contributed by atoms with Crippen molar-refractivity contribution in [2.75, 3.05) is 26.7 Å². The maximum absolute atomic E-state index is 12.9. The van der Waals surface area contributed by atoms with Gasteiger partial charge < -0.3 is 9.64 Å². The lowest BCUT2D eigenvalue weighted by molar-refractivity contribution is -0.157. The van der Waals surface area contributed by atoms with E-state index in [-0.39, 0.29) is 42.5 Å². The molecule has 1 saturated heterocycles. The molecule has 172 valence electrons. The van der Waals surface area contributed by atoms with E-state index < -0.39 is 16.0 Å². The van der Waals surface area contributed by atoms with Crippen LogP contribution in [-0.4, -0.2) is 62.3 Å². The molecule has 0 unspecified atom stereocenters. The number of piperidine rings is 1. The van der Waals surface area contributed by atoms with Crippen molar-refractivity contribution in [3.8, 4) is 0 Å². The molecular weight excluding hydrogens is 416 g/mol. The molecule has 1 aliphatic heterocycles. The summed E-state index contributed by atoms with van der Waals surface area (Å²) in [5, 5.41) is 0. The summed E-state index contributed by atoms with van der Waals surface area (Å²) in [6, 6.07) is 5.37. The number of esters is 1. The first-order chi connectivity index (χ1) is 14.7. The fourth-order valence-electron chi connectivity index (χ4n) is 4.38. The standard InChI is InChI=1S/C23H34N2O5S/c1-17-9-10-21(15-18(17)2)31(28,29)25-13-11-19(12-14-25)23(27)30-16-22(26)24(3)20-7-5-4-6-8-20/h9-10,15,19-20H,4-8,11-14,16H2,1-3H3. The Bertz CT molecular complexity index is 901. The topological polar surface area (TPSA) is 84.0 Å². The van der Waals surface area contributed by atoms with Crippen molar-refractivity contribution >= 4 is 21.9 Å². The Labute approximate surface area is 185 Å². The second kappa shape index (κ2) is 10.1. The fourth-order valence-corrected chi connectivity index (χ4v) is 5.94. The van der Waals surface area contributed by atoms with E-state index in [1.807, 2.05) is 19.9 Å². The van der Waals surface area contributed by atoms with Crippen molar-refractivity contribution in [3.05, 3.63) is 29.3 Å². The highest BCUT2D eigenvalue weighted by atomic mass is 32.2. The molecule has 0 radical (unpaired) electrons. The van der Waals surface area contributed by atoms with Crippen LogP contribution in [0.25, 0.3) is 0 Å². The van der Waals surface area contributed by atoms with Crippen LogP contribution in [0.4, 0.5) is 0 Å². The molecule has 3 rings (SSSR count). The molecule has 0 bridgehead atoms. The number of benzene rings is 1. The van der Waals surface area contributed by atoms with Gasteiger partial charge in [-0.1, -0.05) is 25.3 Å². The Morgan fingerprint density at radius 2 is 1.68 bits per heavy atom. The minimum atomic E-state index is -3.58. The normalized spacial score (nSPS) is 19.2. The number of hydrogen-bond donors (Lipinski definition) is 0. The van der Waals surface area contributed by atoms with Crippen LogP contribution in [0.15, 0.2) is 23.1 Å². The first-order valence-corrected chi connectivity index (χ1v) is 12.6. The number of rotatable bonds is 6. The SMILES string of the molecule is Cc1ccc(S(=O)(=O)N2CCC(C(=O)OCC(=O)N(C)C3CCCCC3)CC2)cc1C. The molecule has 0 N–H and O–H groups in total. The van der Waals surface area contributed by atoms with E-state index in [0.29, 0.717) is 12.8 Å². The van der Waals surface area contributed by atoms with Gasteiger partial charge in [0.25, 0.3) is 5.91 Å². The third kappa shape index (κ3) is 5.66. The van der Waals surface area contributed by atoms with E-state index in [9.17, 15) is 18.0 Å². The molecule has 31 heavy (non-hydrogen) atoms. The van der Waals surface area contributed by atoms with Gasteiger partial charge in [-0.25, -0.2) is 8.42 Å². The smallest absolute Gasteiger partial charge is 0.309 e. The summed E-state index contributed by atoms with van der Waals surface area (Å²) in [6.45, 7) is 4.13. The van der Waals surface area contributed by atoms with Gasteiger partial charge in [0.05, 0.1) is 10.8 Å². The maximum Gasteiger partial charge on any atom is 0.309 e. The summed E-state index contributed by atoms with van der Waals surface area (Å²) in [7, 11) is -1.80. The van der Waals surface area contributed by atoms with Gasteiger partial charge in [-0.2, -0.15) is 4.31 Å². The Morgan fingerprint density at radius 3 is 2.29 bits per heavy atom. The number of nitrogens with zero attached hydrogens (tertiary/aromatic N) is 2. The predicted octanol–water partition coefficient (Wildman–Crippen LogP) is 3.04. The van der Waals surface area contributed by atoms with Crippen LogP contribution in [0.3, 0.4) is 0 Å². The van der Waals surface area contributed by atoms with Crippen LogP contribution < -0.4 is 0 Å². The number of ether oxygens (including phenoxy) is 1.